The number of aromatic hydroxyl groups is 1. The number of H-pyrrole nitrogens is 1. The molecule has 0 radical (unpaired) electrons. The van der Waals surface area contributed by atoms with Crippen LogP contribution in [0.4, 0.5) is 11.6 Å². The number of fused-ring (bicyclic) bond motifs is 3. The van der Waals surface area contributed by atoms with Gasteiger partial charge in [0, 0.05) is 22.5 Å². The third-order valence-electron chi connectivity index (χ3n) is 3.98. The predicted molar refractivity (Wildman–Crippen MR) is 96.9 cm³/mol. The maximum atomic E-state index is 11.5. The van der Waals surface area contributed by atoms with E-state index in [1.165, 1.54) is 6.07 Å². The minimum atomic E-state index is -0.297. The number of rotatable bonds is 2. The summed E-state index contributed by atoms with van der Waals surface area (Å²) in [7, 11) is 0. The van der Waals surface area contributed by atoms with Crippen molar-refractivity contribution in [1.82, 2.24) is 9.97 Å². The van der Waals surface area contributed by atoms with Gasteiger partial charge in [0.2, 0.25) is 5.95 Å². The van der Waals surface area contributed by atoms with E-state index >= 15 is 0 Å². The fourth-order valence-corrected chi connectivity index (χ4v) is 2.91. The van der Waals surface area contributed by atoms with Crippen molar-refractivity contribution >= 4 is 33.2 Å². The van der Waals surface area contributed by atoms with Gasteiger partial charge < -0.3 is 5.11 Å². The Morgan fingerprint density at radius 2 is 1.52 bits per heavy atom. The monoisotopic (exact) mass is 330 g/mol. The maximum Gasteiger partial charge on any atom is 0.252 e. The smallest absolute Gasteiger partial charge is 0.252 e. The topological polar surface area (TPSA) is 90.7 Å². The van der Waals surface area contributed by atoms with E-state index < -0.39 is 0 Å². The number of aryl methyl sites for hydroxylation is 1. The van der Waals surface area contributed by atoms with Crippen molar-refractivity contribution in [1.29, 1.82) is 0 Å². The molecule has 0 unspecified atom stereocenters. The summed E-state index contributed by atoms with van der Waals surface area (Å²) in [5, 5.41) is 22.3. The number of benzene rings is 3. The van der Waals surface area contributed by atoms with Crippen LogP contribution < -0.4 is 5.56 Å². The number of phenolic OH excluding ortho intramolecular Hbond substituents is 1. The van der Waals surface area contributed by atoms with Crippen molar-refractivity contribution in [2.75, 3.05) is 0 Å². The molecule has 4 aromatic rings. The molecule has 6 heteroatoms. The summed E-state index contributed by atoms with van der Waals surface area (Å²) in [5.41, 5.74) is 0.595. The molecule has 25 heavy (non-hydrogen) atoms. The van der Waals surface area contributed by atoms with E-state index in [-0.39, 0.29) is 17.3 Å². The molecule has 0 saturated carbocycles. The normalized spacial score (nSPS) is 11.6. The fraction of sp³-hybridized carbons (Fsp3) is 0.0526. The number of nitrogens with one attached hydrogen (secondary N) is 1. The average Bonchev–Trinajstić information content (AvgIpc) is 2.61. The quantitative estimate of drug-likeness (QED) is 0.418. The Morgan fingerprint density at radius 1 is 0.920 bits per heavy atom. The lowest BCUT2D eigenvalue weighted by Crippen LogP contribution is -2.05. The number of phenols is 1. The molecule has 2 N–H and O–H groups in total. The van der Waals surface area contributed by atoms with Crippen LogP contribution >= 0.6 is 0 Å². The van der Waals surface area contributed by atoms with Crippen LogP contribution in [0.1, 0.15) is 5.69 Å². The highest BCUT2D eigenvalue weighted by molar-refractivity contribution is 6.15. The summed E-state index contributed by atoms with van der Waals surface area (Å²) in [6, 6.07) is 16.6. The Kier molecular flexibility index (Phi) is 3.50. The number of aromatic nitrogens is 2. The molecule has 0 fully saturated rings. The Balaban J connectivity index is 1.98. The summed E-state index contributed by atoms with van der Waals surface area (Å²) in [6.45, 7) is 1.71. The Morgan fingerprint density at radius 3 is 2.20 bits per heavy atom. The van der Waals surface area contributed by atoms with E-state index in [2.05, 4.69) is 20.2 Å². The summed E-state index contributed by atoms with van der Waals surface area (Å²) in [4.78, 5) is 18.2. The Labute approximate surface area is 142 Å². The van der Waals surface area contributed by atoms with Gasteiger partial charge in [0.25, 0.3) is 5.56 Å². The van der Waals surface area contributed by atoms with Gasteiger partial charge in [0.15, 0.2) is 5.75 Å². The number of aromatic amines is 1. The largest absolute Gasteiger partial charge is 0.505 e. The van der Waals surface area contributed by atoms with Crippen LogP contribution in [0.15, 0.2) is 69.6 Å². The summed E-state index contributed by atoms with van der Waals surface area (Å²) < 4.78 is 0. The zero-order chi connectivity index (χ0) is 17.4. The molecule has 0 bridgehead atoms. The molecule has 0 aliphatic heterocycles. The molecule has 0 atom stereocenters. The first-order valence-electron chi connectivity index (χ1n) is 7.75. The lowest BCUT2D eigenvalue weighted by molar-refractivity contribution is 0.483. The molecule has 0 saturated heterocycles. The second-order valence-electron chi connectivity index (χ2n) is 5.70. The molecule has 1 aromatic heterocycles. The number of hydrogen-bond acceptors (Lipinski definition) is 5. The van der Waals surface area contributed by atoms with Crippen molar-refractivity contribution in [3.63, 3.8) is 0 Å². The van der Waals surface area contributed by atoms with Gasteiger partial charge in [-0.05, 0) is 17.7 Å². The highest BCUT2D eigenvalue weighted by atomic mass is 16.3. The third kappa shape index (κ3) is 2.63. The molecule has 122 valence electrons. The highest BCUT2D eigenvalue weighted by Gasteiger charge is 2.13. The molecule has 4 rings (SSSR count). The van der Waals surface area contributed by atoms with Gasteiger partial charge in [-0.1, -0.05) is 48.5 Å². The number of nitrogens with zero attached hydrogens (tertiary/aromatic N) is 3. The number of hydrogen-bond donors (Lipinski definition) is 2. The SMILES string of the molecule is Cc1cc(=O)[nH]c(N=Nc2c(O)c3ccccc3c3ccccc23)n1. The summed E-state index contributed by atoms with van der Waals surface area (Å²) in [5.74, 6) is 0.148. The molecule has 0 aliphatic rings. The van der Waals surface area contributed by atoms with E-state index in [0.717, 1.165) is 16.2 Å². The Hall–Kier alpha value is -3.54. The molecule has 0 aliphatic carbocycles. The van der Waals surface area contributed by atoms with Gasteiger partial charge >= 0.3 is 0 Å². The molecular weight excluding hydrogens is 316 g/mol. The van der Waals surface area contributed by atoms with E-state index in [0.29, 0.717) is 16.8 Å². The molecule has 3 aromatic carbocycles. The standard InChI is InChI=1S/C19H14N4O2/c1-11-10-16(24)21-19(20-11)23-22-17-14-8-4-2-6-12(14)13-7-3-5-9-15(13)18(17)25/h2-10,25H,1H3,(H,20,21,24). The van der Waals surface area contributed by atoms with Crippen LogP contribution in [0.25, 0.3) is 21.5 Å². The molecule has 0 spiro atoms. The van der Waals surface area contributed by atoms with Crippen LogP contribution in [0, 0.1) is 6.92 Å². The lowest BCUT2D eigenvalue weighted by atomic mass is 9.99. The van der Waals surface area contributed by atoms with Gasteiger partial charge in [0.05, 0.1) is 0 Å². The van der Waals surface area contributed by atoms with Gasteiger partial charge in [-0.15, -0.1) is 10.2 Å². The van der Waals surface area contributed by atoms with Crippen LogP contribution in [0.3, 0.4) is 0 Å². The van der Waals surface area contributed by atoms with Gasteiger partial charge in [-0.3, -0.25) is 9.78 Å². The second kappa shape index (κ2) is 5.83. The lowest BCUT2D eigenvalue weighted by Gasteiger charge is -2.09. The van der Waals surface area contributed by atoms with Crippen LogP contribution in [-0.2, 0) is 0 Å². The second-order valence-corrected chi connectivity index (χ2v) is 5.70. The highest BCUT2D eigenvalue weighted by Crippen LogP contribution is 2.43. The zero-order valence-corrected chi connectivity index (χ0v) is 13.4. The Bertz CT molecular complexity index is 1200. The zero-order valence-electron chi connectivity index (χ0n) is 13.4. The van der Waals surface area contributed by atoms with Crippen LogP contribution in [0.5, 0.6) is 5.75 Å². The van der Waals surface area contributed by atoms with Gasteiger partial charge in [-0.25, -0.2) is 4.98 Å². The first-order valence-corrected chi connectivity index (χ1v) is 7.75. The maximum absolute atomic E-state index is 11.5. The average molecular weight is 330 g/mol. The van der Waals surface area contributed by atoms with Crippen molar-refractivity contribution < 1.29 is 5.11 Å². The first kappa shape index (κ1) is 15.0. The van der Waals surface area contributed by atoms with E-state index in [9.17, 15) is 9.90 Å². The summed E-state index contributed by atoms with van der Waals surface area (Å²) in [6.07, 6.45) is 0. The number of azo groups is 1. The van der Waals surface area contributed by atoms with E-state index in [4.69, 9.17) is 0 Å². The van der Waals surface area contributed by atoms with Crippen molar-refractivity contribution in [3.05, 3.63) is 70.6 Å². The molecular formula is C19H14N4O2. The minimum absolute atomic E-state index is 0.0491. The van der Waals surface area contributed by atoms with E-state index in [1.54, 1.807) is 6.92 Å². The minimum Gasteiger partial charge on any atom is -0.505 e. The molecule has 1 heterocycles. The predicted octanol–water partition coefficient (Wildman–Crippen LogP) is 4.51. The third-order valence-corrected chi connectivity index (χ3v) is 3.98. The van der Waals surface area contributed by atoms with Crippen LogP contribution in [0.2, 0.25) is 0 Å². The van der Waals surface area contributed by atoms with E-state index in [1.807, 2.05) is 48.5 Å². The van der Waals surface area contributed by atoms with Gasteiger partial charge in [-0.2, -0.15) is 0 Å². The van der Waals surface area contributed by atoms with Crippen molar-refractivity contribution in [2.45, 2.75) is 6.92 Å². The van der Waals surface area contributed by atoms with Gasteiger partial charge in [0.1, 0.15) is 5.69 Å². The molecule has 6 nitrogen and oxygen atoms in total. The summed E-state index contributed by atoms with van der Waals surface area (Å²) >= 11 is 0. The van der Waals surface area contributed by atoms with Crippen LogP contribution in [-0.4, -0.2) is 15.1 Å². The molecule has 0 amide bonds. The van der Waals surface area contributed by atoms with Crippen molar-refractivity contribution in [2.24, 2.45) is 10.2 Å². The fourth-order valence-electron chi connectivity index (χ4n) is 2.91. The van der Waals surface area contributed by atoms with Crippen molar-refractivity contribution in [3.8, 4) is 5.75 Å². The first-order chi connectivity index (χ1) is 12.1.